The Labute approximate surface area is 149 Å². The molecule has 0 radical (unpaired) electrons. The maximum Gasteiger partial charge on any atom is 0.0582 e. The predicted octanol–water partition coefficient (Wildman–Crippen LogP) is 6.03. The molecule has 0 bridgehead atoms. The van der Waals surface area contributed by atoms with Crippen LogP contribution in [0.1, 0.15) is 25.0 Å². The second-order valence-electron chi connectivity index (χ2n) is 6.84. The van der Waals surface area contributed by atoms with Gasteiger partial charge in [-0.15, -0.1) is 0 Å². The number of nitrogens with zero attached hydrogens (tertiary/aromatic N) is 1. The first-order valence-electron chi connectivity index (χ1n) is 7.92. The van der Waals surface area contributed by atoms with Gasteiger partial charge in [0.15, 0.2) is 0 Å². The van der Waals surface area contributed by atoms with Gasteiger partial charge in [0, 0.05) is 19.8 Å². The Bertz CT molecular complexity index is 1100. The van der Waals surface area contributed by atoms with E-state index in [4.69, 9.17) is 0 Å². The normalized spacial score (nSPS) is 15.1. The van der Waals surface area contributed by atoms with Crippen molar-refractivity contribution in [3.63, 3.8) is 0 Å². The Hall–Kier alpha value is -1.81. The first-order chi connectivity index (χ1) is 11.1. The van der Waals surface area contributed by atoms with Crippen LogP contribution in [-0.2, 0) is 5.41 Å². The average molecular weight is 409 g/mol. The summed E-state index contributed by atoms with van der Waals surface area (Å²) in [6.07, 6.45) is 0. The maximum absolute atomic E-state index is 2.46. The molecule has 0 fully saturated rings. The summed E-state index contributed by atoms with van der Waals surface area (Å²) in [5.74, 6) is 0. The van der Waals surface area contributed by atoms with Crippen molar-refractivity contribution in [2.24, 2.45) is 0 Å². The molecule has 1 aromatic heterocycles. The zero-order valence-electron chi connectivity index (χ0n) is 13.1. The van der Waals surface area contributed by atoms with Crippen LogP contribution in [0.5, 0.6) is 0 Å². The van der Waals surface area contributed by atoms with Crippen LogP contribution in [0.4, 0.5) is 0 Å². The van der Waals surface area contributed by atoms with E-state index in [2.05, 4.69) is 102 Å². The lowest BCUT2D eigenvalue weighted by atomic mass is 9.75. The van der Waals surface area contributed by atoms with Crippen molar-refractivity contribution >= 4 is 44.4 Å². The van der Waals surface area contributed by atoms with Crippen molar-refractivity contribution in [3.05, 3.63) is 75.4 Å². The second-order valence-corrected chi connectivity index (χ2v) is 8.09. The Balaban J connectivity index is 2.13. The van der Waals surface area contributed by atoms with E-state index >= 15 is 0 Å². The van der Waals surface area contributed by atoms with Crippen molar-refractivity contribution in [1.29, 1.82) is 0 Å². The van der Waals surface area contributed by atoms with Crippen molar-refractivity contribution in [1.82, 2.24) is 4.57 Å². The van der Waals surface area contributed by atoms with Gasteiger partial charge in [0.05, 0.1) is 16.7 Å². The molecule has 23 heavy (non-hydrogen) atoms. The van der Waals surface area contributed by atoms with E-state index in [1.54, 1.807) is 0 Å². The van der Waals surface area contributed by atoms with Gasteiger partial charge in [0.25, 0.3) is 0 Å². The fourth-order valence-corrected chi connectivity index (χ4v) is 4.63. The molecule has 0 N–H and O–H groups in total. The molecule has 5 rings (SSSR count). The number of fused-ring (bicyclic) bond motifs is 5. The molecule has 1 aliphatic heterocycles. The highest BCUT2D eigenvalue weighted by molar-refractivity contribution is 14.1. The minimum Gasteiger partial charge on any atom is -0.309 e. The van der Waals surface area contributed by atoms with Crippen molar-refractivity contribution < 1.29 is 0 Å². The number of rotatable bonds is 0. The van der Waals surface area contributed by atoms with Gasteiger partial charge in [-0.3, -0.25) is 0 Å². The molecule has 4 aromatic rings. The summed E-state index contributed by atoms with van der Waals surface area (Å²) in [6.45, 7) is 4.68. The van der Waals surface area contributed by atoms with Crippen LogP contribution in [0.3, 0.4) is 0 Å². The van der Waals surface area contributed by atoms with Gasteiger partial charge in [-0.25, -0.2) is 0 Å². The minimum atomic E-state index is 0.0215. The lowest BCUT2D eigenvalue weighted by molar-refractivity contribution is 0.630. The smallest absolute Gasteiger partial charge is 0.0582 e. The monoisotopic (exact) mass is 409 g/mol. The van der Waals surface area contributed by atoms with Crippen LogP contribution in [0.25, 0.3) is 27.5 Å². The van der Waals surface area contributed by atoms with Gasteiger partial charge in [-0.1, -0.05) is 50.2 Å². The molecule has 1 nitrogen and oxygen atoms in total. The number of halogens is 1. The highest BCUT2D eigenvalue weighted by Gasteiger charge is 2.34. The lowest BCUT2D eigenvalue weighted by Gasteiger charge is -2.34. The fourth-order valence-electron chi connectivity index (χ4n) is 4.14. The van der Waals surface area contributed by atoms with Gasteiger partial charge in [0.2, 0.25) is 0 Å². The summed E-state index contributed by atoms with van der Waals surface area (Å²) in [4.78, 5) is 0. The summed E-state index contributed by atoms with van der Waals surface area (Å²) in [6, 6.07) is 22.4. The van der Waals surface area contributed by atoms with E-state index in [-0.39, 0.29) is 5.41 Å². The number of aromatic nitrogens is 1. The van der Waals surface area contributed by atoms with Crippen molar-refractivity contribution in [2.45, 2.75) is 19.3 Å². The van der Waals surface area contributed by atoms with Crippen LogP contribution in [-0.4, -0.2) is 4.57 Å². The van der Waals surface area contributed by atoms with E-state index < -0.39 is 0 Å². The highest BCUT2D eigenvalue weighted by Crippen LogP contribution is 2.47. The van der Waals surface area contributed by atoms with Crippen LogP contribution in [0.15, 0.2) is 60.7 Å². The van der Waals surface area contributed by atoms with Gasteiger partial charge < -0.3 is 4.57 Å². The predicted molar refractivity (Wildman–Crippen MR) is 106 cm³/mol. The number of para-hydroxylation sites is 2. The van der Waals surface area contributed by atoms with E-state index in [0.29, 0.717) is 0 Å². The van der Waals surface area contributed by atoms with Gasteiger partial charge >= 0.3 is 0 Å². The summed E-state index contributed by atoms with van der Waals surface area (Å²) >= 11 is 2.40. The quantitative estimate of drug-likeness (QED) is 0.313. The molecule has 0 atom stereocenters. The van der Waals surface area contributed by atoms with Crippen LogP contribution in [0, 0.1) is 3.57 Å². The standard InChI is InChI=1S/C21H16IN/c1-21(2)16-7-3-4-9-19(16)23-18-11-10-13(22)12-15(18)14-6-5-8-17(21)20(14)23/h3-12H,1-2H3. The Morgan fingerprint density at radius 3 is 2.48 bits per heavy atom. The third-order valence-electron chi connectivity index (χ3n) is 5.24. The van der Waals surface area contributed by atoms with E-state index in [0.717, 1.165) is 0 Å². The average Bonchev–Trinajstić information content (AvgIpc) is 2.88. The number of hydrogen-bond donors (Lipinski definition) is 0. The summed E-state index contributed by atoms with van der Waals surface area (Å²) in [5.41, 5.74) is 6.82. The van der Waals surface area contributed by atoms with Crippen molar-refractivity contribution in [3.8, 4) is 5.69 Å². The first kappa shape index (κ1) is 13.6. The molecule has 0 aliphatic carbocycles. The Kier molecular flexibility index (Phi) is 2.59. The molecular weight excluding hydrogens is 393 g/mol. The molecule has 1 aliphatic rings. The third kappa shape index (κ3) is 1.62. The fraction of sp³-hybridized carbons (Fsp3) is 0.143. The number of hydrogen-bond acceptors (Lipinski definition) is 0. The van der Waals surface area contributed by atoms with Crippen molar-refractivity contribution in [2.75, 3.05) is 0 Å². The molecule has 2 heterocycles. The van der Waals surface area contributed by atoms with E-state index in [9.17, 15) is 0 Å². The molecule has 0 amide bonds. The summed E-state index contributed by atoms with van der Waals surface area (Å²) < 4.78 is 3.74. The van der Waals surface area contributed by atoms with Gasteiger partial charge in [0.1, 0.15) is 0 Å². The summed E-state index contributed by atoms with van der Waals surface area (Å²) in [5, 5.41) is 2.71. The molecule has 0 saturated heterocycles. The molecular formula is C21H16IN. The van der Waals surface area contributed by atoms with Crippen LogP contribution in [0.2, 0.25) is 0 Å². The highest BCUT2D eigenvalue weighted by atomic mass is 127. The topological polar surface area (TPSA) is 4.93 Å². The lowest BCUT2D eigenvalue weighted by Crippen LogP contribution is -2.26. The number of benzene rings is 3. The SMILES string of the molecule is CC1(C)c2ccccc2-n2c3ccc(I)cc3c3cccc1c32. The van der Waals surface area contributed by atoms with E-state index in [1.807, 2.05) is 0 Å². The maximum atomic E-state index is 2.46. The first-order valence-corrected chi connectivity index (χ1v) is 9.00. The molecule has 0 saturated carbocycles. The molecule has 112 valence electrons. The van der Waals surface area contributed by atoms with Crippen LogP contribution < -0.4 is 0 Å². The Morgan fingerprint density at radius 2 is 1.61 bits per heavy atom. The zero-order chi connectivity index (χ0) is 15.8. The second kappa shape index (κ2) is 4.38. The molecule has 2 heteroatoms. The minimum absolute atomic E-state index is 0.0215. The summed E-state index contributed by atoms with van der Waals surface area (Å²) in [7, 11) is 0. The van der Waals surface area contributed by atoms with Gasteiger partial charge in [-0.05, 0) is 58.0 Å². The third-order valence-corrected chi connectivity index (χ3v) is 5.91. The molecule has 3 aromatic carbocycles. The molecule has 0 unspecified atom stereocenters. The largest absolute Gasteiger partial charge is 0.309 e. The zero-order valence-corrected chi connectivity index (χ0v) is 15.3. The van der Waals surface area contributed by atoms with Gasteiger partial charge in [-0.2, -0.15) is 0 Å². The Morgan fingerprint density at radius 1 is 0.826 bits per heavy atom. The van der Waals surface area contributed by atoms with Crippen LogP contribution >= 0.6 is 22.6 Å². The van der Waals surface area contributed by atoms with E-state index in [1.165, 1.54) is 42.2 Å². The molecule has 0 spiro atoms.